The molecule has 0 spiro atoms. The van der Waals surface area contributed by atoms with E-state index in [0.717, 1.165) is 0 Å². The van der Waals surface area contributed by atoms with Crippen molar-refractivity contribution in [1.82, 2.24) is 0 Å². The molecule has 0 fully saturated rings. The van der Waals surface area contributed by atoms with E-state index in [0.29, 0.717) is 11.3 Å². The standard InChI is InChI=1S/C19H18FNO3/c1-14(19(23)21(2)17-9-4-3-5-10-17)24-18(22)12-11-15-7-6-8-16(20)13-15/h3-14H,1-2H3/b12-11+/t14-/m1/s1. The van der Waals surface area contributed by atoms with Gasteiger partial charge in [-0.05, 0) is 42.8 Å². The van der Waals surface area contributed by atoms with Gasteiger partial charge in [-0.15, -0.1) is 0 Å². The highest BCUT2D eigenvalue weighted by atomic mass is 19.1. The first-order valence-electron chi connectivity index (χ1n) is 7.44. The Kier molecular flexibility index (Phi) is 5.84. The largest absolute Gasteiger partial charge is 0.449 e. The number of carbonyl (C=O) groups excluding carboxylic acids is 2. The van der Waals surface area contributed by atoms with Gasteiger partial charge in [0.2, 0.25) is 0 Å². The molecule has 0 unspecified atom stereocenters. The normalized spacial score (nSPS) is 12.0. The van der Waals surface area contributed by atoms with Crippen LogP contribution in [0.4, 0.5) is 10.1 Å². The summed E-state index contributed by atoms with van der Waals surface area (Å²) in [7, 11) is 1.62. The number of anilines is 1. The first-order chi connectivity index (χ1) is 11.5. The van der Waals surface area contributed by atoms with E-state index in [-0.39, 0.29) is 5.91 Å². The molecule has 1 amide bonds. The van der Waals surface area contributed by atoms with E-state index in [9.17, 15) is 14.0 Å². The lowest BCUT2D eigenvalue weighted by Crippen LogP contribution is -2.37. The summed E-state index contributed by atoms with van der Waals surface area (Å²) in [6.07, 6.45) is 1.67. The summed E-state index contributed by atoms with van der Waals surface area (Å²) in [6.45, 7) is 1.51. The summed E-state index contributed by atoms with van der Waals surface area (Å²) >= 11 is 0. The Morgan fingerprint density at radius 2 is 1.83 bits per heavy atom. The molecule has 1 atom stereocenters. The van der Waals surface area contributed by atoms with Gasteiger partial charge in [-0.3, -0.25) is 4.79 Å². The summed E-state index contributed by atoms with van der Waals surface area (Å²) in [5.74, 6) is -1.39. The van der Waals surface area contributed by atoms with Crippen LogP contribution >= 0.6 is 0 Å². The Bertz CT molecular complexity index is 743. The molecule has 2 aromatic rings. The second kappa shape index (κ2) is 8.06. The fourth-order valence-corrected chi connectivity index (χ4v) is 2.09. The quantitative estimate of drug-likeness (QED) is 0.624. The van der Waals surface area contributed by atoms with Crippen molar-refractivity contribution in [2.24, 2.45) is 0 Å². The SMILES string of the molecule is C[C@@H](OC(=O)/C=C/c1cccc(F)c1)C(=O)N(C)c1ccccc1. The van der Waals surface area contributed by atoms with Gasteiger partial charge in [0.05, 0.1) is 0 Å². The Morgan fingerprint density at radius 3 is 2.50 bits per heavy atom. The maximum atomic E-state index is 13.1. The monoisotopic (exact) mass is 327 g/mol. The van der Waals surface area contributed by atoms with Gasteiger partial charge in [0, 0.05) is 18.8 Å². The summed E-state index contributed by atoms with van der Waals surface area (Å²) < 4.78 is 18.2. The minimum Gasteiger partial charge on any atom is -0.449 e. The molecule has 0 aromatic heterocycles. The molecule has 5 heteroatoms. The highest BCUT2D eigenvalue weighted by Crippen LogP contribution is 2.13. The first kappa shape index (κ1) is 17.4. The zero-order chi connectivity index (χ0) is 17.5. The fourth-order valence-electron chi connectivity index (χ4n) is 2.09. The molecule has 24 heavy (non-hydrogen) atoms. The molecule has 0 bridgehead atoms. The summed E-state index contributed by atoms with van der Waals surface area (Å²) in [5, 5.41) is 0. The maximum absolute atomic E-state index is 13.1. The number of nitrogens with zero attached hydrogens (tertiary/aromatic N) is 1. The third-order valence-electron chi connectivity index (χ3n) is 3.38. The van der Waals surface area contributed by atoms with Crippen molar-refractivity contribution in [2.75, 3.05) is 11.9 Å². The lowest BCUT2D eigenvalue weighted by atomic mass is 10.2. The average molecular weight is 327 g/mol. The minimum absolute atomic E-state index is 0.339. The van der Waals surface area contributed by atoms with E-state index >= 15 is 0 Å². The van der Waals surface area contributed by atoms with Crippen molar-refractivity contribution >= 4 is 23.6 Å². The van der Waals surface area contributed by atoms with E-state index < -0.39 is 17.9 Å². The van der Waals surface area contributed by atoms with Crippen LogP contribution in [0.5, 0.6) is 0 Å². The van der Waals surface area contributed by atoms with Gasteiger partial charge in [0.15, 0.2) is 6.10 Å². The van der Waals surface area contributed by atoms with Crippen LogP contribution in [0.3, 0.4) is 0 Å². The van der Waals surface area contributed by atoms with Crippen LogP contribution in [0.1, 0.15) is 12.5 Å². The lowest BCUT2D eigenvalue weighted by Gasteiger charge is -2.21. The molecule has 2 aromatic carbocycles. The van der Waals surface area contributed by atoms with Crippen molar-refractivity contribution in [2.45, 2.75) is 13.0 Å². The molecule has 4 nitrogen and oxygen atoms in total. The number of rotatable bonds is 5. The average Bonchev–Trinajstić information content (AvgIpc) is 2.59. The van der Waals surface area contributed by atoms with Gasteiger partial charge in [0.25, 0.3) is 5.91 Å². The molecule has 0 saturated heterocycles. The first-order valence-corrected chi connectivity index (χ1v) is 7.44. The number of para-hydroxylation sites is 1. The number of hydrogen-bond donors (Lipinski definition) is 0. The van der Waals surface area contributed by atoms with Gasteiger partial charge in [-0.1, -0.05) is 30.3 Å². The van der Waals surface area contributed by atoms with Crippen LogP contribution in [0.15, 0.2) is 60.7 Å². The Balaban J connectivity index is 1.94. The Hall–Kier alpha value is -2.95. The topological polar surface area (TPSA) is 46.6 Å². The minimum atomic E-state index is -0.931. The van der Waals surface area contributed by atoms with Gasteiger partial charge in [-0.25, -0.2) is 9.18 Å². The number of hydrogen-bond acceptors (Lipinski definition) is 3. The van der Waals surface area contributed by atoms with E-state index in [1.165, 1.54) is 36.1 Å². The molecular formula is C19H18FNO3. The molecule has 0 radical (unpaired) electrons. The molecule has 0 aliphatic heterocycles. The van der Waals surface area contributed by atoms with Crippen molar-refractivity contribution in [3.8, 4) is 0 Å². The van der Waals surface area contributed by atoms with Gasteiger partial charge in [0.1, 0.15) is 5.82 Å². The second-order valence-electron chi connectivity index (χ2n) is 5.20. The predicted molar refractivity (Wildman–Crippen MR) is 90.8 cm³/mol. The second-order valence-corrected chi connectivity index (χ2v) is 5.20. The molecule has 124 valence electrons. The van der Waals surface area contributed by atoms with Crippen LogP contribution in [0.25, 0.3) is 6.08 Å². The summed E-state index contributed by atoms with van der Waals surface area (Å²) in [4.78, 5) is 25.5. The highest BCUT2D eigenvalue weighted by Gasteiger charge is 2.21. The van der Waals surface area contributed by atoms with E-state index in [1.807, 2.05) is 18.2 Å². The van der Waals surface area contributed by atoms with Crippen molar-refractivity contribution in [1.29, 1.82) is 0 Å². The zero-order valence-corrected chi connectivity index (χ0v) is 13.5. The number of esters is 1. The van der Waals surface area contributed by atoms with Crippen molar-refractivity contribution in [3.63, 3.8) is 0 Å². The molecule has 0 saturated carbocycles. The third kappa shape index (κ3) is 4.78. The van der Waals surface area contributed by atoms with Gasteiger partial charge >= 0.3 is 5.97 Å². The van der Waals surface area contributed by atoms with Gasteiger partial charge < -0.3 is 9.64 Å². The van der Waals surface area contributed by atoms with Crippen LogP contribution in [-0.2, 0) is 14.3 Å². The van der Waals surface area contributed by atoms with Crippen molar-refractivity contribution in [3.05, 3.63) is 72.1 Å². The predicted octanol–water partition coefficient (Wildman–Crippen LogP) is 3.43. The van der Waals surface area contributed by atoms with Gasteiger partial charge in [-0.2, -0.15) is 0 Å². The molecule has 0 aliphatic rings. The summed E-state index contributed by atoms with van der Waals surface area (Å²) in [5.41, 5.74) is 1.24. The fraction of sp³-hybridized carbons (Fsp3) is 0.158. The van der Waals surface area contributed by atoms with Crippen LogP contribution in [-0.4, -0.2) is 25.0 Å². The van der Waals surface area contributed by atoms with E-state index in [4.69, 9.17) is 4.74 Å². The van der Waals surface area contributed by atoms with E-state index in [1.54, 1.807) is 31.3 Å². The van der Waals surface area contributed by atoms with Crippen molar-refractivity contribution < 1.29 is 18.7 Å². The molecule has 0 aliphatic carbocycles. The van der Waals surface area contributed by atoms with Crippen LogP contribution in [0, 0.1) is 5.82 Å². The summed E-state index contributed by atoms with van der Waals surface area (Å²) in [6, 6.07) is 14.9. The number of benzene rings is 2. The molecule has 0 heterocycles. The van der Waals surface area contributed by atoms with Crippen LogP contribution < -0.4 is 4.90 Å². The number of ether oxygens (including phenoxy) is 1. The Labute approximate surface area is 140 Å². The third-order valence-corrected chi connectivity index (χ3v) is 3.38. The van der Waals surface area contributed by atoms with E-state index in [2.05, 4.69) is 0 Å². The zero-order valence-electron chi connectivity index (χ0n) is 13.5. The number of amides is 1. The van der Waals surface area contributed by atoms with Crippen LogP contribution in [0.2, 0.25) is 0 Å². The maximum Gasteiger partial charge on any atom is 0.331 e. The molecule has 2 rings (SSSR count). The Morgan fingerprint density at radius 1 is 1.12 bits per heavy atom. The molecule has 0 N–H and O–H groups in total. The number of likely N-dealkylation sites (N-methyl/N-ethyl adjacent to an activating group) is 1. The number of carbonyl (C=O) groups is 2. The molecular weight excluding hydrogens is 309 g/mol. The smallest absolute Gasteiger partial charge is 0.331 e. The lowest BCUT2D eigenvalue weighted by molar-refractivity contribution is -0.148. The highest BCUT2D eigenvalue weighted by molar-refractivity contribution is 5.98. The number of halogens is 1.